The first-order valence-electron chi connectivity index (χ1n) is 10.5. The third-order valence-electron chi connectivity index (χ3n) is 6.23. The number of fused-ring (bicyclic) bond motifs is 3. The van der Waals surface area contributed by atoms with Crippen molar-refractivity contribution in [1.29, 1.82) is 0 Å². The second kappa shape index (κ2) is 11.0. The molecule has 15 heteroatoms. The van der Waals surface area contributed by atoms with Crippen molar-refractivity contribution in [2.45, 2.75) is 29.7 Å². The van der Waals surface area contributed by atoms with Crippen LogP contribution in [0.25, 0.3) is 16.3 Å². The Morgan fingerprint density at radius 1 is 1.08 bits per heavy atom. The molecule has 1 fully saturated rings. The third kappa shape index (κ3) is 5.66. The molecular formula is C21H18Br2KN2O6S4+. The van der Waals surface area contributed by atoms with Crippen LogP contribution in [0.15, 0.2) is 55.3 Å². The number of hydrogen-bond donors (Lipinski definition) is 0. The zero-order chi connectivity index (χ0) is 25.2. The van der Waals surface area contributed by atoms with Gasteiger partial charge < -0.3 is 9.11 Å². The van der Waals surface area contributed by atoms with E-state index in [0.717, 1.165) is 39.8 Å². The number of thioether (sulfide) groups is 1. The average molecular weight is 722 g/mol. The summed E-state index contributed by atoms with van der Waals surface area (Å²) in [5.74, 6) is -0.480. The topological polar surface area (TPSA) is 118 Å². The van der Waals surface area contributed by atoms with Crippen molar-refractivity contribution in [3.8, 4) is 0 Å². The van der Waals surface area contributed by atoms with E-state index in [-0.39, 0.29) is 68.7 Å². The van der Waals surface area contributed by atoms with E-state index >= 15 is 0 Å². The van der Waals surface area contributed by atoms with Gasteiger partial charge in [-0.3, -0.25) is 0 Å². The fraction of sp³-hybridized carbons (Fsp3) is 0.286. The molecule has 2 aliphatic rings. The normalized spacial score (nSPS) is 22.6. The Labute approximate surface area is 276 Å². The molecule has 2 aromatic carbocycles. The number of benzene rings is 2. The molecular weight excluding hydrogens is 703 g/mol. The summed E-state index contributed by atoms with van der Waals surface area (Å²) in [5.41, 5.74) is 1.64. The molecule has 8 nitrogen and oxygen atoms in total. The maximum absolute atomic E-state index is 12.2. The molecule has 1 saturated heterocycles. The molecule has 1 spiro atoms. The SMILES string of the molecule is O=S(=O)([O-])CCC[n+]1c(C=C2Sc3ccc(Br)cc3[N+]23CCC3S(=O)(=O)[O-])sc2ccc(Br)cc21.[K+]. The Balaban J connectivity index is 0.00000304. The van der Waals surface area contributed by atoms with Crippen LogP contribution in [-0.2, 0) is 26.8 Å². The molecule has 0 radical (unpaired) electrons. The van der Waals surface area contributed by atoms with Crippen molar-refractivity contribution in [1.82, 2.24) is 4.48 Å². The standard InChI is InChI=1S/C21H18Br2N2O6S4.K/c22-13-2-4-17-15(10-13)24(7-1-9-34(26,27)28)19(32-17)12-20-25(8-6-21(25)35(29,30)31)16-11-14(23)3-5-18(16)33-20;/h2-5,10-12,21H,1,6-9H2;/q;+1. The van der Waals surface area contributed by atoms with Crippen molar-refractivity contribution in [3.05, 3.63) is 55.4 Å². The number of thiazole rings is 1. The molecule has 0 N–H and O–H groups in total. The summed E-state index contributed by atoms with van der Waals surface area (Å²) in [7, 11) is -8.92. The predicted molar refractivity (Wildman–Crippen MR) is 142 cm³/mol. The molecule has 1 aromatic heterocycles. The zero-order valence-corrected chi connectivity index (χ0v) is 28.4. The second-order valence-corrected chi connectivity index (χ2v) is 15.4. The maximum atomic E-state index is 12.2. The van der Waals surface area contributed by atoms with E-state index in [0.29, 0.717) is 13.1 Å². The van der Waals surface area contributed by atoms with Crippen LogP contribution in [0.5, 0.6) is 0 Å². The van der Waals surface area contributed by atoms with Gasteiger partial charge in [0.2, 0.25) is 5.52 Å². The van der Waals surface area contributed by atoms with E-state index in [9.17, 15) is 25.9 Å². The Kier molecular flexibility index (Phi) is 9.09. The number of rotatable bonds is 6. The molecule has 0 aliphatic carbocycles. The first kappa shape index (κ1) is 29.8. The Bertz CT molecular complexity index is 1610. The minimum atomic E-state index is -4.57. The van der Waals surface area contributed by atoms with Crippen molar-refractivity contribution >= 4 is 97.2 Å². The second-order valence-electron chi connectivity index (χ2n) is 8.34. The molecule has 2 atom stereocenters. The summed E-state index contributed by atoms with van der Waals surface area (Å²) in [6.45, 7) is 0.781. The maximum Gasteiger partial charge on any atom is 1.00 e. The van der Waals surface area contributed by atoms with Gasteiger partial charge in [0, 0.05) is 33.3 Å². The minimum Gasteiger partial charge on any atom is -0.748 e. The molecule has 186 valence electrons. The molecule has 3 heterocycles. The summed E-state index contributed by atoms with van der Waals surface area (Å²) >= 11 is 9.86. The summed E-state index contributed by atoms with van der Waals surface area (Å²) in [6, 6.07) is 11.4. The number of halogens is 2. The van der Waals surface area contributed by atoms with E-state index in [1.54, 1.807) is 0 Å². The quantitative estimate of drug-likeness (QED) is 0.163. The van der Waals surface area contributed by atoms with Gasteiger partial charge in [-0.15, -0.1) is 0 Å². The van der Waals surface area contributed by atoms with Crippen LogP contribution in [0.1, 0.15) is 17.8 Å². The average Bonchev–Trinajstić information content (AvgIpc) is 3.21. The van der Waals surface area contributed by atoms with Gasteiger partial charge in [-0.2, -0.15) is 4.57 Å². The number of quaternary nitrogens is 1. The Morgan fingerprint density at radius 3 is 2.42 bits per heavy atom. The van der Waals surface area contributed by atoms with Crippen LogP contribution in [-0.4, -0.2) is 43.6 Å². The zero-order valence-electron chi connectivity index (χ0n) is 18.9. The molecule has 3 aromatic rings. The van der Waals surface area contributed by atoms with E-state index in [2.05, 4.69) is 31.9 Å². The van der Waals surface area contributed by atoms with Crippen molar-refractivity contribution in [3.63, 3.8) is 0 Å². The molecule has 2 aliphatic heterocycles. The fourth-order valence-electron chi connectivity index (χ4n) is 4.65. The van der Waals surface area contributed by atoms with Crippen molar-refractivity contribution in [2.24, 2.45) is 0 Å². The van der Waals surface area contributed by atoms with Gasteiger partial charge in [0.1, 0.15) is 4.70 Å². The first-order chi connectivity index (χ1) is 16.4. The summed E-state index contributed by atoms with van der Waals surface area (Å²) < 4.78 is 74.7. The molecule has 5 rings (SSSR count). The van der Waals surface area contributed by atoms with Gasteiger partial charge in [-0.1, -0.05) is 43.2 Å². The molecule has 0 saturated carbocycles. The van der Waals surface area contributed by atoms with Crippen LogP contribution >= 0.6 is 55.0 Å². The van der Waals surface area contributed by atoms with Crippen molar-refractivity contribution < 1.29 is 81.9 Å². The largest absolute Gasteiger partial charge is 1.00 e. The van der Waals surface area contributed by atoms with Crippen LogP contribution in [0.4, 0.5) is 5.69 Å². The van der Waals surface area contributed by atoms with E-state index < -0.39 is 31.4 Å². The first-order valence-corrected chi connectivity index (χ1v) is 16.7. The number of aromatic nitrogens is 1. The van der Waals surface area contributed by atoms with Gasteiger partial charge >= 0.3 is 51.4 Å². The number of nitrogens with zero attached hydrogens (tertiary/aromatic N) is 2. The van der Waals surface area contributed by atoms with Crippen LogP contribution in [0, 0.1) is 0 Å². The van der Waals surface area contributed by atoms with Gasteiger partial charge in [-0.25, -0.2) is 21.3 Å². The van der Waals surface area contributed by atoms with E-state index in [1.807, 2.05) is 47.0 Å². The number of aryl methyl sites for hydroxylation is 1. The summed E-state index contributed by atoms with van der Waals surface area (Å²) in [6.07, 6.45) is 2.32. The van der Waals surface area contributed by atoms with Crippen molar-refractivity contribution in [2.75, 3.05) is 12.3 Å². The molecule has 0 amide bonds. The predicted octanol–water partition coefficient (Wildman–Crippen LogP) is 1.34. The Morgan fingerprint density at radius 2 is 1.78 bits per heavy atom. The van der Waals surface area contributed by atoms with E-state index in [4.69, 9.17) is 0 Å². The third-order valence-corrected chi connectivity index (χ3v) is 11.6. The smallest absolute Gasteiger partial charge is 0.748 e. The molecule has 0 bridgehead atoms. The van der Waals surface area contributed by atoms with Gasteiger partial charge in [0.25, 0.3) is 5.01 Å². The monoisotopic (exact) mass is 719 g/mol. The minimum absolute atomic E-state index is 0. The van der Waals surface area contributed by atoms with E-state index in [1.165, 1.54) is 23.1 Å². The fourth-order valence-corrected chi connectivity index (χ4v) is 9.58. The van der Waals surface area contributed by atoms with Gasteiger partial charge in [0.05, 0.1) is 34.1 Å². The molecule has 2 unspecified atom stereocenters. The van der Waals surface area contributed by atoms with Crippen LogP contribution in [0.2, 0.25) is 0 Å². The number of hydrogen-bond acceptors (Lipinski definition) is 8. The van der Waals surface area contributed by atoms with Gasteiger partial charge in [-0.05, 0) is 36.0 Å². The van der Waals surface area contributed by atoms with Gasteiger partial charge in [0.15, 0.2) is 32.8 Å². The Hall–Kier alpha value is 0.796. The summed E-state index contributed by atoms with van der Waals surface area (Å²) in [4.78, 5) is 0.889. The molecule has 36 heavy (non-hydrogen) atoms. The van der Waals surface area contributed by atoms with Crippen LogP contribution in [0.3, 0.4) is 0 Å². The summed E-state index contributed by atoms with van der Waals surface area (Å²) in [5, 5.41) is 0.395. The van der Waals surface area contributed by atoms with Crippen LogP contribution < -0.4 is 60.4 Å².